The minimum absolute atomic E-state index is 0.231. The van der Waals surface area contributed by atoms with Gasteiger partial charge in [0.1, 0.15) is 6.04 Å². The molecule has 0 saturated carbocycles. The van der Waals surface area contributed by atoms with Gasteiger partial charge < -0.3 is 9.88 Å². The quantitative estimate of drug-likeness (QED) is 0.461. The van der Waals surface area contributed by atoms with Crippen LogP contribution >= 0.6 is 0 Å². The van der Waals surface area contributed by atoms with Crippen LogP contribution in [0.3, 0.4) is 0 Å². The first-order valence-electron chi connectivity index (χ1n) is 10.6. The zero-order chi connectivity index (χ0) is 23.1. The highest BCUT2D eigenvalue weighted by atomic mass is 32.2. The fourth-order valence-electron chi connectivity index (χ4n) is 3.89. The van der Waals surface area contributed by atoms with Gasteiger partial charge in [-0.15, -0.1) is 0 Å². The van der Waals surface area contributed by atoms with Crippen molar-refractivity contribution >= 4 is 15.9 Å². The van der Waals surface area contributed by atoms with Crippen molar-refractivity contribution < 1.29 is 13.2 Å². The fraction of sp³-hybridized carbons (Fsp3) is 0.333. The van der Waals surface area contributed by atoms with E-state index in [9.17, 15) is 13.2 Å². The highest BCUT2D eigenvalue weighted by Crippen LogP contribution is 2.22. The predicted octanol–water partition coefficient (Wildman–Crippen LogP) is 2.90. The molecule has 1 unspecified atom stereocenters. The molecular weight excluding hydrogens is 424 g/mol. The lowest BCUT2D eigenvalue weighted by atomic mass is 10.1. The zero-order valence-corrected chi connectivity index (χ0v) is 19.5. The Hall–Kier alpha value is -2.97. The van der Waals surface area contributed by atoms with Gasteiger partial charge in [0.25, 0.3) is 0 Å². The first kappa shape index (κ1) is 23.7. The normalized spacial score (nSPS) is 12.5. The summed E-state index contributed by atoms with van der Waals surface area (Å²) in [6, 6.07) is 12.2. The molecule has 0 aliphatic heterocycles. The van der Waals surface area contributed by atoms with E-state index in [4.69, 9.17) is 0 Å². The Morgan fingerprint density at radius 3 is 2.41 bits per heavy atom. The molecule has 8 heteroatoms. The highest BCUT2D eigenvalue weighted by Gasteiger charge is 2.28. The Balaban J connectivity index is 1.75. The smallest absolute Gasteiger partial charge is 0.241 e. The van der Waals surface area contributed by atoms with Crippen LogP contribution in [0.5, 0.6) is 0 Å². The second kappa shape index (κ2) is 10.6. The van der Waals surface area contributed by atoms with E-state index in [1.165, 1.54) is 0 Å². The molecule has 3 aromatic rings. The molecule has 7 nitrogen and oxygen atoms in total. The average Bonchev–Trinajstić information content (AvgIpc) is 3.23. The van der Waals surface area contributed by atoms with Gasteiger partial charge in [-0.2, -0.15) is 4.72 Å². The van der Waals surface area contributed by atoms with Crippen molar-refractivity contribution in [3.63, 3.8) is 0 Å². The molecule has 32 heavy (non-hydrogen) atoms. The molecule has 170 valence electrons. The second-order valence-corrected chi connectivity index (χ2v) is 9.69. The van der Waals surface area contributed by atoms with Crippen molar-refractivity contribution in [3.05, 3.63) is 83.4 Å². The molecule has 2 N–H and O–H groups in total. The highest BCUT2D eigenvalue weighted by molar-refractivity contribution is 7.89. The van der Waals surface area contributed by atoms with Crippen molar-refractivity contribution in [2.24, 2.45) is 0 Å². The van der Waals surface area contributed by atoms with Gasteiger partial charge in [0.2, 0.25) is 15.9 Å². The van der Waals surface area contributed by atoms with Gasteiger partial charge in [-0.05, 0) is 50.3 Å². The number of benzene rings is 2. The largest absolute Gasteiger partial charge is 0.355 e. The Labute approximate surface area is 189 Å². The molecule has 0 saturated heterocycles. The van der Waals surface area contributed by atoms with Crippen LogP contribution in [0.15, 0.2) is 66.1 Å². The second-order valence-electron chi connectivity index (χ2n) is 8.04. The number of aromatic nitrogens is 2. The van der Waals surface area contributed by atoms with E-state index in [1.807, 2.05) is 60.2 Å². The molecule has 0 fully saturated rings. The molecular formula is C24H30N4O3S. The number of rotatable bonds is 10. The van der Waals surface area contributed by atoms with E-state index in [0.29, 0.717) is 24.1 Å². The first-order valence-corrected chi connectivity index (χ1v) is 12.1. The Morgan fingerprint density at radius 2 is 1.78 bits per heavy atom. The number of hydrogen-bond donors (Lipinski definition) is 2. The Bertz CT molecular complexity index is 1120. The SMILES string of the molecule is Cc1cc(C)c(S(=O)(=O)NC(Cc2ccccc2)C(=O)NCCCn2ccnc2)c(C)c1. The summed E-state index contributed by atoms with van der Waals surface area (Å²) in [6.07, 6.45) is 6.26. The lowest BCUT2D eigenvalue weighted by Gasteiger charge is -2.20. The summed E-state index contributed by atoms with van der Waals surface area (Å²) in [7, 11) is -3.89. The van der Waals surface area contributed by atoms with Gasteiger partial charge in [-0.3, -0.25) is 4.79 Å². The number of carbonyl (C=O) groups excluding carboxylic acids is 1. The molecule has 0 aliphatic rings. The summed E-state index contributed by atoms with van der Waals surface area (Å²) in [5.41, 5.74) is 3.20. The van der Waals surface area contributed by atoms with E-state index in [-0.39, 0.29) is 17.2 Å². The van der Waals surface area contributed by atoms with Gasteiger partial charge in [0.05, 0.1) is 11.2 Å². The standard InChI is InChI=1S/C24H30N4O3S/c1-18-14-19(2)23(20(3)15-18)32(30,31)27-22(16-21-8-5-4-6-9-21)24(29)26-10-7-12-28-13-11-25-17-28/h4-6,8-9,11,13-15,17,22,27H,7,10,12,16H2,1-3H3,(H,26,29). The molecule has 1 aromatic heterocycles. The van der Waals surface area contributed by atoms with E-state index >= 15 is 0 Å². The molecule has 1 atom stereocenters. The van der Waals surface area contributed by atoms with Gasteiger partial charge >= 0.3 is 0 Å². The summed E-state index contributed by atoms with van der Waals surface area (Å²) < 4.78 is 31.1. The number of amides is 1. The molecule has 0 spiro atoms. The first-order chi connectivity index (χ1) is 15.3. The summed E-state index contributed by atoms with van der Waals surface area (Å²) in [6.45, 7) is 6.64. The van der Waals surface area contributed by atoms with E-state index in [0.717, 1.165) is 17.7 Å². The van der Waals surface area contributed by atoms with Crippen LogP contribution in [0.4, 0.5) is 0 Å². The Kier molecular flexibility index (Phi) is 7.82. The molecule has 2 aromatic carbocycles. The van der Waals surface area contributed by atoms with Crippen LogP contribution in [-0.2, 0) is 27.8 Å². The van der Waals surface area contributed by atoms with Crippen molar-refractivity contribution in [2.45, 2.75) is 51.1 Å². The third-order valence-corrected chi connectivity index (χ3v) is 7.00. The molecule has 0 bridgehead atoms. The van der Waals surface area contributed by atoms with Crippen LogP contribution < -0.4 is 10.0 Å². The van der Waals surface area contributed by atoms with Crippen molar-refractivity contribution in [1.29, 1.82) is 0 Å². The van der Waals surface area contributed by atoms with Crippen LogP contribution in [0, 0.1) is 20.8 Å². The maximum Gasteiger partial charge on any atom is 0.241 e. The van der Waals surface area contributed by atoms with Gasteiger partial charge in [0, 0.05) is 25.5 Å². The number of sulfonamides is 1. The van der Waals surface area contributed by atoms with Gasteiger partial charge in [0.15, 0.2) is 0 Å². The molecule has 1 amide bonds. The summed E-state index contributed by atoms with van der Waals surface area (Å²) in [5.74, 6) is -0.342. The average molecular weight is 455 g/mol. The zero-order valence-electron chi connectivity index (χ0n) is 18.7. The maximum absolute atomic E-state index is 13.3. The van der Waals surface area contributed by atoms with Crippen molar-refractivity contribution in [3.8, 4) is 0 Å². The Morgan fingerprint density at radius 1 is 1.09 bits per heavy atom. The third-order valence-electron chi connectivity index (χ3n) is 5.22. The number of nitrogens with zero attached hydrogens (tertiary/aromatic N) is 2. The van der Waals surface area contributed by atoms with Crippen LogP contribution in [0.2, 0.25) is 0 Å². The number of carbonyl (C=O) groups is 1. The lowest BCUT2D eigenvalue weighted by Crippen LogP contribution is -2.48. The summed E-state index contributed by atoms with van der Waals surface area (Å²) >= 11 is 0. The third kappa shape index (κ3) is 6.27. The van der Waals surface area contributed by atoms with Crippen LogP contribution in [-0.4, -0.2) is 36.5 Å². The van der Waals surface area contributed by atoms with Crippen LogP contribution in [0.1, 0.15) is 28.7 Å². The van der Waals surface area contributed by atoms with E-state index in [2.05, 4.69) is 15.0 Å². The molecule has 1 heterocycles. The predicted molar refractivity (Wildman–Crippen MR) is 125 cm³/mol. The number of nitrogens with one attached hydrogen (secondary N) is 2. The summed E-state index contributed by atoms with van der Waals surface area (Å²) in [4.78, 5) is 17.2. The topological polar surface area (TPSA) is 93.1 Å². The van der Waals surface area contributed by atoms with Crippen molar-refractivity contribution in [2.75, 3.05) is 6.54 Å². The fourth-order valence-corrected chi connectivity index (χ4v) is 5.54. The number of hydrogen-bond acceptors (Lipinski definition) is 4. The van der Waals surface area contributed by atoms with Crippen molar-refractivity contribution in [1.82, 2.24) is 19.6 Å². The minimum Gasteiger partial charge on any atom is -0.355 e. The molecule has 0 aliphatic carbocycles. The molecule has 0 radical (unpaired) electrons. The lowest BCUT2D eigenvalue weighted by molar-refractivity contribution is -0.122. The summed E-state index contributed by atoms with van der Waals surface area (Å²) in [5, 5.41) is 2.88. The number of aryl methyl sites for hydroxylation is 4. The maximum atomic E-state index is 13.3. The minimum atomic E-state index is -3.89. The van der Waals surface area contributed by atoms with Gasteiger partial charge in [-0.25, -0.2) is 13.4 Å². The number of imidazole rings is 1. The van der Waals surface area contributed by atoms with Gasteiger partial charge in [-0.1, -0.05) is 48.0 Å². The van der Waals surface area contributed by atoms with E-state index < -0.39 is 16.1 Å². The van der Waals surface area contributed by atoms with E-state index in [1.54, 1.807) is 26.4 Å². The monoisotopic (exact) mass is 454 g/mol. The van der Waals surface area contributed by atoms with Crippen LogP contribution in [0.25, 0.3) is 0 Å². The molecule has 3 rings (SSSR count).